The number of thiophene rings is 1. The minimum Gasteiger partial charge on any atom is -0.454 e. The molecular formula is C21H15NO4S2. The molecule has 0 aliphatic rings. The molecule has 0 fully saturated rings. The summed E-state index contributed by atoms with van der Waals surface area (Å²) in [7, 11) is 0. The van der Waals surface area contributed by atoms with Crippen molar-refractivity contribution >= 4 is 46.0 Å². The van der Waals surface area contributed by atoms with Crippen molar-refractivity contribution in [3.63, 3.8) is 0 Å². The highest BCUT2D eigenvalue weighted by Crippen LogP contribution is 2.27. The molecule has 0 radical (unpaired) electrons. The molecule has 0 saturated carbocycles. The van der Waals surface area contributed by atoms with Gasteiger partial charge in [-0.15, -0.1) is 11.3 Å². The summed E-state index contributed by atoms with van der Waals surface area (Å²) in [6, 6.07) is 18.2. The van der Waals surface area contributed by atoms with E-state index in [9.17, 15) is 9.59 Å². The van der Waals surface area contributed by atoms with Gasteiger partial charge >= 0.3 is 5.97 Å². The van der Waals surface area contributed by atoms with E-state index in [1.807, 2.05) is 41.8 Å². The molecule has 0 spiro atoms. The van der Waals surface area contributed by atoms with E-state index in [1.165, 1.54) is 23.1 Å². The van der Waals surface area contributed by atoms with Gasteiger partial charge in [0.05, 0.1) is 10.4 Å². The highest BCUT2D eigenvalue weighted by molar-refractivity contribution is 7.98. The Hall–Kier alpha value is -2.90. The zero-order valence-electron chi connectivity index (χ0n) is 14.7. The summed E-state index contributed by atoms with van der Waals surface area (Å²) in [6.07, 6.45) is 0. The summed E-state index contributed by atoms with van der Waals surface area (Å²) in [4.78, 5) is 29.5. The maximum atomic E-state index is 12.5. The lowest BCUT2D eigenvalue weighted by atomic mass is 10.1. The number of carbonyl (C=O) groups is 2. The number of ether oxygens (including phenoxy) is 1. The molecule has 2 aromatic heterocycles. The van der Waals surface area contributed by atoms with Gasteiger partial charge in [-0.25, -0.2) is 9.78 Å². The minimum atomic E-state index is -0.515. The molecule has 4 aromatic rings. The zero-order chi connectivity index (χ0) is 19.3. The van der Waals surface area contributed by atoms with Crippen molar-refractivity contribution in [2.75, 3.05) is 6.61 Å². The van der Waals surface area contributed by atoms with Crippen LogP contribution in [0.2, 0.25) is 0 Å². The Morgan fingerprint density at radius 2 is 1.86 bits per heavy atom. The first-order valence-electron chi connectivity index (χ1n) is 8.51. The van der Waals surface area contributed by atoms with Crippen molar-refractivity contribution in [1.82, 2.24) is 4.98 Å². The molecule has 28 heavy (non-hydrogen) atoms. The lowest BCUT2D eigenvalue weighted by Crippen LogP contribution is -2.14. The molecule has 0 N–H and O–H groups in total. The smallest absolute Gasteiger partial charge is 0.338 e. The van der Waals surface area contributed by atoms with E-state index in [0.29, 0.717) is 21.4 Å². The first kappa shape index (κ1) is 18.5. The van der Waals surface area contributed by atoms with Gasteiger partial charge in [0.1, 0.15) is 5.52 Å². The molecule has 2 heterocycles. The molecule has 7 heteroatoms. The highest BCUT2D eigenvalue weighted by Gasteiger charge is 2.16. The number of thioether (sulfide) groups is 1. The van der Waals surface area contributed by atoms with E-state index >= 15 is 0 Å². The number of nitrogens with zero attached hydrogens (tertiary/aromatic N) is 1. The SMILES string of the molecule is O=C(COC(=O)c1ccccc1CSc1nc2ccccc2o1)c1cccs1. The van der Waals surface area contributed by atoms with Crippen molar-refractivity contribution in [2.24, 2.45) is 0 Å². The van der Waals surface area contributed by atoms with Crippen LogP contribution in [0.15, 0.2) is 75.7 Å². The van der Waals surface area contributed by atoms with Crippen LogP contribution in [-0.2, 0) is 10.5 Å². The lowest BCUT2D eigenvalue weighted by Gasteiger charge is -2.08. The minimum absolute atomic E-state index is 0.207. The van der Waals surface area contributed by atoms with Gasteiger partial charge in [-0.3, -0.25) is 4.79 Å². The third-order valence-electron chi connectivity index (χ3n) is 3.99. The summed E-state index contributed by atoms with van der Waals surface area (Å²) < 4.78 is 10.9. The number of hydrogen-bond donors (Lipinski definition) is 0. The average molecular weight is 409 g/mol. The Bertz CT molecular complexity index is 1090. The van der Waals surface area contributed by atoms with Crippen molar-refractivity contribution in [3.05, 3.63) is 82.0 Å². The number of fused-ring (bicyclic) bond motifs is 1. The van der Waals surface area contributed by atoms with E-state index in [2.05, 4.69) is 4.98 Å². The van der Waals surface area contributed by atoms with Crippen LogP contribution in [-0.4, -0.2) is 23.3 Å². The molecular weight excluding hydrogens is 394 g/mol. The monoisotopic (exact) mass is 409 g/mol. The first-order chi connectivity index (χ1) is 13.7. The summed E-state index contributed by atoms with van der Waals surface area (Å²) in [5.74, 6) is -0.225. The molecule has 0 saturated heterocycles. The number of rotatable bonds is 7. The molecule has 0 aliphatic heterocycles. The predicted molar refractivity (Wildman–Crippen MR) is 109 cm³/mol. The second-order valence-corrected chi connectivity index (χ2v) is 7.74. The van der Waals surface area contributed by atoms with E-state index < -0.39 is 5.97 Å². The highest BCUT2D eigenvalue weighted by atomic mass is 32.2. The number of benzene rings is 2. The third-order valence-corrected chi connectivity index (χ3v) is 5.78. The van der Waals surface area contributed by atoms with Gasteiger partial charge < -0.3 is 9.15 Å². The summed E-state index contributed by atoms with van der Waals surface area (Å²) >= 11 is 2.73. The van der Waals surface area contributed by atoms with Gasteiger partial charge in [-0.1, -0.05) is 48.2 Å². The molecule has 0 unspecified atom stereocenters. The number of aromatic nitrogens is 1. The van der Waals surface area contributed by atoms with Crippen molar-refractivity contribution in [2.45, 2.75) is 11.0 Å². The number of para-hydroxylation sites is 2. The maximum Gasteiger partial charge on any atom is 0.338 e. The van der Waals surface area contributed by atoms with Crippen molar-refractivity contribution < 1.29 is 18.7 Å². The Morgan fingerprint density at radius 1 is 1.04 bits per heavy atom. The van der Waals surface area contributed by atoms with E-state index in [-0.39, 0.29) is 12.4 Å². The number of ketones is 1. The van der Waals surface area contributed by atoms with E-state index in [4.69, 9.17) is 9.15 Å². The van der Waals surface area contributed by atoms with Crippen LogP contribution in [0.3, 0.4) is 0 Å². The zero-order valence-corrected chi connectivity index (χ0v) is 16.3. The number of hydrogen-bond acceptors (Lipinski definition) is 7. The normalized spacial score (nSPS) is 10.9. The predicted octanol–water partition coefficient (Wildman–Crippen LogP) is 5.22. The largest absolute Gasteiger partial charge is 0.454 e. The lowest BCUT2D eigenvalue weighted by molar-refractivity contribution is 0.0475. The van der Waals surface area contributed by atoms with Crippen LogP contribution in [0.5, 0.6) is 0 Å². The number of oxazole rings is 1. The van der Waals surface area contributed by atoms with E-state index in [0.717, 1.165) is 16.7 Å². The van der Waals surface area contributed by atoms with Gasteiger partial charge in [0.15, 0.2) is 12.2 Å². The second kappa shape index (κ2) is 8.41. The third kappa shape index (κ3) is 4.16. The van der Waals surface area contributed by atoms with E-state index in [1.54, 1.807) is 24.3 Å². The standard InChI is InChI=1S/C21H15NO4S2/c23-17(19-10-5-11-27-19)12-25-20(24)15-7-2-1-6-14(15)13-28-21-22-16-8-3-4-9-18(16)26-21/h1-11H,12-13H2. The fourth-order valence-corrected chi connectivity index (χ4v) is 4.11. The summed E-state index contributed by atoms with van der Waals surface area (Å²) in [5, 5.41) is 2.35. The molecule has 5 nitrogen and oxygen atoms in total. The topological polar surface area (TPSA) is 69.4 Å². The van der Waals surface area contributed by atoms with Gasteiger partial charge in [0, 0.05) is 5.75 Å². The molecule has 0 atom stereocenters. The Kier molecular flexibility index (Phi) is 5.55. The molecule has 0 aliphatic carbocycles. The fraction of sp³-hybridized carbons (Fsp3) is 0.0952. The second-order valence-electron chi connectivity index (χ2n) is 5.87. The molecule has 0 bridgehead atoms. The fourth-order valence-electron chi connectivity index (χ4n) is 2.61. The molecule has 0 amide bonds. The number of carbonyl (C=O) groups excluding carboxylic acids is 2. The van der Waals surface area contributed by atoms with Gasteiger partial charge in [0.25, 0.3) is 5.22 Å². The summed E-state index contributed by atoms with van der Waals surface area (Å²) in [5.41, 5.74) is 2.75. The van der Waals surface area contributed by atoms with Gasteiger partial charge in [-0.05, 0) is 35.2 Å². The Balaban J connectivity index is 1.42. The number of esters is 1. The van der Waals surface area contributed by atoms with Gasteiger partial charge in [-0.2, -0.15) is 0 Å². The molecule has 4 rings (SSSR count). The Morgan fingerprint density at radius 3 is 2.68 bits per heavy atom. The van der Waals surface area contributed by atoms with Gasteiger partial charge in [0.2, 0.25) is 5.78 Å². The maximum absolute atomic E-state index is 12.5. The Labute approximate surface area is 169 Å². The van der Waals surface area contributed by atoms with Crippen LogP contribution in [0, 0.1) is 0 Å². The quantitative estimate of drug-likeness (QED) is 0.237. The summed E-state index contributed by atoms with van der Waals surface area (Å²) in [6.45, 7) is -0.272. The molecule has 2 aromatic carbocycles. The van der Waals surface area contributed by atoms with Crippen LogP contribution in [0.25, 0.3) is 11.1 Å². The van der Waals surface area contributed by atoms with Crippen LogP contribution < -0.4 is 0 Å². The molecule has 140 valence electrons. The van der Waals surface area contributed by atoms with Crippen LogP contribution in [0.4, 0.5) is 0 Å². The van der Waals surface area contributed by atoms with Crippen LogP contribution >= 0.6 is 23.1 Å². The van der Waals surface area contributed by atoms with Crippen molar-refractivity contribution in [1.29, 1.82) is 0 Å². The number of Topliss-reactive ketones (excluding diaryl/α,β-unsaturated/α-hetero) is 1. The van der Waals surface area contributed by atoms with Crippen molar-refractivity contribution in [3.8, 4) is 0 Å². The van der Waals surface area contributed by atoms with Crippen LogP contribution in [0.1, 0.15) is 25.6 Å². The average Bonchev–Trinajstić information content (AvgIpc) is 3.40. The first-order valence-corrected chi connectivity index (χ1v) is 10.4.